The zero-order chi connectivity index (χ0) is 17.9. The van der Waals surface area contributed by atoms with Crippen LogP contribution in [-0.2, 0) is 4.79 Å². The number of amides is 2. The maximum absolute atomic E-state index is 12.1. The lowest BCUT2D eigenvalue weighted by Crippen LogP contribution is -2.34. The fourth-order valence-corrected chi connectivity index (χ4v) is 2.28. The van der Waals surface area contributed by atoms with E-state index in [1.165, 1.54) is 0 Å². The largest absolute Gasteiger partial charge is 0.351 e. The molecule has 0 unspecified atom stereocenters. The molecule has 0 heterocycles. The second-order valence-corrected chi connectivity index (χ2v) is 5.62. The van der Waals surface area contributed by atoms with Crippen molar-refractivity contribution in [2.75, 3.05) is 31.5 Å². The highest BCUT2D eigenvalue weighted by Gasteiger charge is 2.07. The summed E-state index contributed by atoms with van der Waals surface area (Å²) in [5.74, 6) is -0.243. The molecular weight excluding hydrogens is 324 g/mol. The third-order valence-corrected chi connectivity index (χ3v) is 3.79. The monoisotopic (exact) mass is 350 g/mol. The van der Waals surface area contributed by atoms with Gasteiger partial charge in [0.2, 0.25) is 5.91 Å². The number of likely N-dealkylation sites (N-methyl/N-ethyl adjacent to an activating group) is 1. The molecule has 0 bridgehead atoms. The van der Waals surface area contributed by atoms with Crippen LogP contribution in [0.4, 0.5) is 5.69 Å². The van der Waals surface area contributed by atoms with E-state index in [4.69, 9.17) is 12.2 Å². The molecule has 1 aromatic rings. The average Bonchev–Trinajstić information content (AvgIpc) is 2.59. The van der Waals surface area contributed by atoms with Crippen LogP contribution in [0.1, 0.15) is 37.6 Å². The lowest BCUT2D eigenvalue weighted by Gasteiger charge is -2.18. The predicted octanol–water partition coefficient (Wildman–Crippen LogP) is 1.98. The summed E-state index contributed by atoms with van der Waals surface area (Å²) in [4.78, 5) is 25.6. The van der Waals surface area contributed by atoms with Gasteiger partial charge in [-0.25, -0.2) is 0 Å². The fourth-order valence-electron chi connectivity index (χ4n) is 2.05. The molecule has 2 amide bonds. The summed E-state index contributed by atoms with van der Waals surface area (Å²) in [6.45, 7) is 9.36. The van der Waals surface area contributed by atoms with E-state index >= 15 is 0 Å². The van der Waals surface area contributed by atoms with E-state index in [9.17, 15) is 9.59 Å². The Hall–Kier alpha value is -1.99. The standard InChI is InChI=1S/C17H26N4O2S/c1-4-15(22)20-17(24)19-14-9-7-13(8-10-14)16(23)18-11-12-21(5-2)6-3/h7-10H,4-6,11-12H2,1-3H3,(H,18,23)(H2,19,20,22,24). The average molecular weight is 350 g/mol. The van der Waals surface area contributed by atoms with Gasteiger partial charge in [-0.05, 0) is 49.6 Å². The van der Waals surface area contributed by atoms with Gasteiger partial charge in [0.1, 0.15) is 0 Å². The first-order chi connectivity index (χ1) is 11.5. The number of benzene rings is 1. The SMILES string of the molecule is CCC(=O)NC(=S)Nc1ccc(C(=O)NCCN(CC)CC)cc1. The fraction of sp³-hybridized carbons (Fsp3) is 0.471. The Balaban J connectivity index is 2.47. The highest BCUT2D eigenvalue weighted by molar-refractivity contribution is 7.80. The van der Waals surface area contributed by atoms with Crippen molar-refractivity contribution in [3.8, 4) is 0 Å². The minimum Gasteiger partial charge on any atom is -0.351 e. The highest BCUT2D eigenvalue weighted by atomic mass is 32.1. The van der Waals surface area contributed by atoms with Crippen molar-refractivity contribution in [2.45, 2.75) is 27.2 Å². The summed E-state index contributed by atoms with van der Waals surface area (Å²) in [5, 5.41) is 8.63. The molecule has 0 spiro atoms. The zero-order valence-corrected chi connectivity index (χ0v) is 15.3. The van der Waals surface area contributed by atoms with Gasteiger partial charge in [-0.1, -0.05) is 20.8 Å². The van der Waals surface area contributed by atoms with Gasteiger partial charge in [-0.15, -0.1) is 0 Å². The van der Waals surface area contributed by atoms with Crippen LogP contribution in [-0.4, -0.2) is 48.0 Å². The first kappa shape index (κ1) is 20.1. The summed E-state index contributed by atoms with van der Waals surface area (Å²) < 4.78 is 0. The molecular formula is C17H26N4O2S. The van der Waals surface area contributed by atoms with Crippen molar-refractivity contribution in [3.63, 3.8) is 0 Å². The van der Waals surface area contributed by atoms with Crippen molar-refractivity contribution in [1.29, 1.82) is 0 Å². The second kappa shape index (κ2) is 10.7. The summed E-state index contributed by atoms with van der Waals surface area (Å²) in [6, 6.07) is 6.95. The van der Waals surface area contributed by atoms with Gasteiger partial charge in [0.15, 0.2) is 5.11 Å². The molecule has 7 heteroatoms. The first-order valence-electron chi connectivity index (χ1n) is 8.21. The van der Waals surface area contributed by atoms with E-state index < -0.39 is 0 Å². The van der Waals surface area contributed by atoms with Crippen LogP contribution in [0.15, 0.2) is 24.3 Å². The highest BCUT2D eigenvalue weighted by Crippen LogP contribution is 2.09. The molecule has 0 aliphatic heterocycles. The molecule has 0 radical (unpaired) electrons. The van der Waals surface area contributed by atoms with Gasteiger partial charge in [0.25, 0.3) is 5.91 Å². The molecule has 0 aliphatic carbocycles. The van der Waals surface area contributed by atoms with Crippen LogP contribution in [0.25, 0.3) is 0 Å². The Morgan fingerprint density at radius 3 is 2.25 bits per heavy atom. The van der Waals surface area contributed by atoms with Crippen molar-refractivity contribution < 1.29 is 9.59 Å². The number of thiocarbonyl (C=S) groups is 1. The topological polar surface area (TPSA) is 73.5 Å². The maximum atomic E-state index is 12.1. The van der Waals surface area contributed by atoms with Gasteiger partial charge in [0, 0.05) is 30.8 Å². The van der Waals surface area contributed by atoms with Crippen LogP contribution in [0.3, 0.4) is 0 Å². The van der Waals surface area contributed by atoms with Crippen LogP contribution in [0, 0.1) is 0 Å². The minimum absolute atomic E-state index is 0.101. The number of carbonyl (C=O) groups is 2. The Bertz CT molecular complexity index is 556. The maximum Gasteiger partial charge on any atom is 0.251 e. The lowest BCUT2D eigenvalue weighted by atomic mass is 10.2. The van der Waals surface area contributed by atoms with E-state index in [-0.39, 0.29) is 16.9 Å². The van der Waals surface area contributed by atoms with Crippen molar-refractivity contribution in [1.82, 2.24) is 15.5 Å². The zero-order valence-electron chi connectivity index (χ0n) is 14.5. The number of anilines is 1. The number of nitrogens with zero attached hydrogens (tertiary/aromatic N) is 1. The number of hydrogen-bond donors (Lipinski definition) is 3. The molecule has 0 saturated heterocycles. The van der Waals surface area contributed by atoms with Crippen LogP contribution >= 0.6 is 12.2 Å². The molecule has 132 valence electrons. The number of hydrogen-bond acceptors (Lipinski definition) is 4. The van der Waals surface area contributed by atoms with Gasteiger partial charge in [-0.2, -0.15) is 0 Å². The van der Waals surface area contributed by atoms with Crippen LogP contribution < -0.4 is 16.0 Å². The van der Waals surface area contributed by atoms with E-state index in [2.05, 4.69) is 34.7 Å². The Kier molecular flexibility index (Phi) is 8.96. The number of nitrogens with one attached hydrogen (secondary N) is 3. The lowest BCUT2D eigenvalue weighted by molar-refractivity contribution is -0.119. The number of carbonyl (C=O) groups excluding carboxylic acids is 2. The molecule has 0 aromatic heterocycles. The summed E-state index contributed by atoms with van der Waals surface area (Å²) in [6.07, 6.45) is 0.369. The Morgan fingerprint density at radius 2 is 1.71 bits per heavy atom. The quantitative estimate of drug-likeness (QED) is 0.625. The van der Waals surface area contributed by atoms with Gasteiger partial charge in [-0.3, -0.25) is 9.59 Å². The molecule has 3 N–H and O–H groups in total. The Labute approximate surface area is 149 Å². The van der Waals surface area contributed by atoms with Crippen molar-refractivity contribution in [2.24, 2.45) is 0 Å². The smallest absolute Gasteiger partial charge is 0.251 e. The summed E-state index contributed by atoms with van der Waals surface area (Å²) in [5.41, 5.74) is 1.31. The molecule has 0 atom stereocenters. The summed E-state index contributed by atoms with van der Waals surface area (Å²) >= 11 is 5.04. The van der Waals surface area contributed by atoms with Gasteiger partial charge < -0.3 is 20.9 Å². The molecule has 0 fully saturated rings. The van der Waals surface area contributed by atoms with E-state index in [0.29, 0.717) is 18.5 Å². The molecule has 0 saturated carbocycles. The van der Waals surface area contributed by atoms with Gasteiger partial charge >= 0.3 is 0 Å². The molecule has 0 aliphatic rings. The van der Waals surface area contributed by atoms with E-state index in [1.807, 2.05) is 0 Å². The van der Waals surface area contributed by atoms with Crippen molar-refractivity contribution >= 4 is 34.8 Å². The van der Waals surface area contributed by atoms with Crippen LogP contribution in [0.5, 0.6) is 0 Å². The number of rotatable bonds is 8. The minimum atomic E-state index is -0.142. The Morgan fingerprint density at radius 1 is 1.08 bits per heavy atom. The van der Waals surface area contributed by atoms with Crippen molar-refractivity contribution in [3.05, 3.63) is 29.8 Å². The molecule has 1 rings (SSSR count). The van der Waals surface area contributed by atoms with E-state index in [1.54, 1.807) is 31.2 Å². The first-order valence-corrected chi connectivity index (χ1v) is 8.62. The van der Waals surface area contributed by atoms with Crippen LogP contribution in [0.2, 0.25) is 0 Å². The normalized spacial score (nSPS) is 10.3. The molecule has 6 nitrogen and oxygen atoms in total. The second-order valence-electron chi connectivity index (χ2n) is 5.22. The van der Waals surface area contributed by atoms with Gasteiger partial charge in [0.05, 0.1) is 0 Å². The molecule has 1 aromatic carbocycles. The summed E-state index contributed by atoms with van der Waals surface area (Å²) in [7, 11) is 0. The third kappa shape index (κ3) is 7.06. The van der Waals surface area contributed by atoms with E-state index in [0.717, 1.165) is 25.3 Å². The third-order valence-electron chi connectivity index (χ3n) is 3.59. The molecule has 24 heavy (non-hydrogen) atoms. The predicted molar refractivity (Wildman–Crippen MR) is 101 cm³/mol.